The Morgan fingerprint density at radius 3 is 2.39 bits per heavy atom. The van der Waals surface area contributed by atoms with Crippen LogP contribution in [0.15, 0.2) is 54.6 Å². The Balaban J connectivity index is 1.25. The van der Waals surface area contributed by atoms with E-state index in [1.165, 1.54) is 27.8 Å². The fourth-order valence-corrected chi connectivity index (χ4v) is 5.87. The molecular weight excluding hydrogens is 402 g/mol. The van der Waals surface area contributed by atoms with Crippen LogP contribution < -0.4 is 4.90 Å². The highest BCUT2D eigenvalue weighted by atomic mass is 32.1. The number of carbonyl (C=O) groups excluding carboxylic acids is 1. The van der Waals surface area contributed by atoms with E-state index in [-0.39, 0.29) is 5.91 Å². The zero-order valence-corrected chi connectivity index (χ0v) is 18.9. The summed E-state index contributed by atoms with van der Waals surface area (Å²) in [4.78, 5) is 21.0. The summed E-state index contributed by atoms with van der Waals surface area (Å²) in [6.07, 6.45) is 4.63. The maximum Gasteiger partial charge on any atom is 0.263 e. The predicted molar refractivity (Wildman–Crippen MR) is 130 cm³/mol. The third-order valence-corrected chi connectivity index (χ3v) is 7.75. The molecule has 0 saturated carbocycles. The lowest BCUT2D eigenvalue weighted by atomic mass is 10.1. The molecule has 0 spiro atoms. The van der Waals surface area contributed by atoms with Crippen molar-refractivity contribution < 1.29 is 4.79 Å². The van der Waals surface area contributed by atoms with Gasteiger partial charge in [0, 0.05) is 61.6 Å². The standard InChI is InChI=1S/C26H31N3OS/c30-26(29-13-5-2-6-14-29)25-20-22-23(10-7-11-24(22)31-25)28-18-16-27(17-19-28)15-12-21-8-3-1-4-9-21/h1,3-4,7-11,20H,2,5-6,12-19H2. The molecule has 0 unspecified atom stereocenters. The third-order valence-electron chi connectivity index (χ3n) is 6.67. The lowest BCUT2D eigenvalue weighted by Crippen LogP contribution is -2.47. The van der Waals surface area contributed by atoms with Crippen LogP contribution in [-0.4, -0.2) is 61.5 Å². The number of anilines is 1. The lowest BCUT2D eigenvalue weighted by molar-refractivity contribution is 0.0729. The van der Waals surface area contributed by atoms with Crippen molar-refractivity contribution in [2.24, 2.45) is 0 Å². The van der Waals surface area contributed by atoms with Crippen LogP contribution in [0.2, 0.25) is 0 Å². The van der Waals surface area contributed by atoms with E-state index >= 15 is 0 Å². The second kappa shape index (κ2) is 9.41. The first-order valence-corrected chi connectivity index (χ1v) is 12.4. The van der Waals surface area contributed by atoms with E-state index in [2.05, 4.69) is 64.4 Å². The smallest absolute Gasteiger partial charge is 0.263 e. The number of piperazine rings is 1. The second-order valence-electron chi connectivity index (χ2n) is 8.72. The van der Waals surface area contributed by atoms with E-state index in [4.69, 9.17) is 0 Å². The van der Waals surface area contributed by atoms with Crippen molar-refractivity contribution in [3.05, 3.63) is 65.0 Å². The Kier molecular flexibility index (Phi) is 6.23. The van der Waals surface area contributed by atoms with Gasteiger partial charge in [-0.25, -0.2) is 0 Å². The van der Waals surface area contributed by atoms with E-state index in [1.807, 2.05) is 4.90 Å². The van der Waals surface area contributed by atoms with Gasteiger partial charge in [-0.1, -0.05) is 36.4 Å². The van der Waals surface area contributed by atoms with Gasteiger partial charge in [0.2, 0.25) is 0 Å². The first-order chi connectivity index (χ1) is 15.3. The number of piperidine rings is 1. The molecule has 0 atom stereocenters. The van der Waals surface area contributed by atoms with Crippen LogP contribution in [0.5, 0.6) is 0 Å². The van der Waals surface area contributed by atoms with E-state index in [9.17, 15) is 4.79 Å². The zero-order chi connectivity index (χ0) is 21.0. The van der Waals surface area contributed by atoms with Crippen LogP contribution in [0.4, 0.5) is 5.69 Å². The molecule has 5 rings (SSSR count). The number of fused-ring (bicyclic) bond motifs is 1. The van der Waals surface area contributed by atoms with Gasteiger partial charge in [-0.2, -0.15) is 0 Å². The van der Waals surface area contributed by atoms with E-state index in [1.54, 1.807) is 11.3 Å². The first kappa shape index (κ1) is 20.5. The second-order valence-corrected chi connectivity index (χ2v) is 9.80. The van der Waals surface area contributed by atoms with Crippen molar-refractivity contribution in [1.82, 2.24) is 9.80 Å². The van der Waals surface area contributed by atoms with Crippen LogP contribution in [0.3, 0.4) is 0 Å². The number of nitrogens with zero attached hydrogens (tertiary/aromatic N) is 3. The average Bonchev–Trinajstić information content (AvgIpc) is 3.28. The number of hydrogen-bond donors (Lipinski definition) is 0. The van der Waals surface area contributed by atoms with Crippen molar-refractivity contribution in [2.75, 3.05) is 50.7 Å². The number of hydrogen-bond acceptors (Lipinski definition) is 4. The highest BCUT2D eigenvalue weighted by Gasteiger charge is 2.23. The molecule has 2 aliphatic rings. The monoisotopic (exact) mass is 433 g/mol. The number of rotatable bonds is 5. The normalized spacial score (nSPS) is 17.9. The van der Waals surface area contributed by atoms with Crippen LogP contribution in [-0.2, 0) is 6.42 Å². The summed E-state index contributed by atoms with van der Waals surface area (Å²) in [5, 5.41) is 1.24. The summed E-state index contributed by atoms with van der Waals surface area (Å²) in [5.41, 5.74) is 2.70. The predicted octanol–water partition coefficient (Wildman–Crippen LogP) is 4.89. The van der Waals surface area contributed by atoms with Crippen molar-refractivity contribution >= 4 is 33.0 Å². The minimum absolute atomic E-state index is 0.220. The number of amides is 1. The molecule has 162 valence electrons. The molecule has 2 saturated heterocycles. The molecule has 0 aliphatic carbocycles. The van der Waals surface area contributed by atoms with Crippen LogP contribution >= 0.6 is 11.3 Å². The molecule has 2 aromatic carbocycles. The minimum Gasteiger partial charge on any atom is -0.368 e. The quantitative estimate of drug-likeness (QED) is 0.573. The molecule has 1 amide bonds. The van der Waals surface area contributed by atoms with Crippen molar-refractivity contribution in [1.29, 1.82) is 0 Å². The highest BCUT2D eigenvalue weighted by molar-refractivity contribution is 7.20. The maximum absolute atomic E-state index is 13.0. The third kappa shape index (κ3) is 4.63. The van der Waals surface area contributed by atoms with E-state index in [0.29, 0.717) is 0 Å². The zero-order valence-electron chi connectivity index (χ0n) is 18.1. The molecule has 4 nitrogen and oxygen atoms in total. The fraction of sp³-hybridized carbons (Fsp3) is 0.423. The van der Waals surface area contributed by atoms with Crippen molar-refractivity contribution in [3.8, 4) is 0 Å². The van der Waals surface area contributed by atoms with Crippen molar-refractivity contribution in [3.63, 3.8) is 0 Å². The molecule has 0 bridgehead atoms. The number of likely N-dealkylation sites (tertiary alicyclic amines) is 1. The minimum atomic E-state index is 0.220. The topological polar surface area (TPSA) is 26.8 Å². The number of thiophene rings is 1. The van der Waals surface area contributed by atoms with Gasteiger partial charge in [-0.3, -0.25) is 9.69 Å². The number of carbonyl (C=O) groups is 1. The molecule has 1 aromatic heterocycles. The average molecular weight is 434 g/mol. The van der Waals surface area contributed by atoms with E-state index < -0.39 is 0 Å². The molecule has 3 heterocycles. The van der Waals surface area contributed by atoms with Gasteiger partial charge in [0.05, 0.1) is 4.88 Å². The number of benzene rings is 2. The Morgan fingerprint density at radius 1 is 0.839 bits per heavy atom. The first-order valence-electron chi connectivity index (χ1n) is 11.6. The van der Waals surface area contributed by atoms with Gasteiger partial charge in [-0.05, 0) is 49.4 Å². The summed E-state index contributed by atoms with van der Waals surface area (Å²) < 4.78 is 1.23. The van der Waals surface area contributed by atoms with Crippen LogP contribution in [0.25, 0.3) is 10.1 Å². The Bertz CT molecular complexity index is 1020. The lowest BCUT2D eigenvalue weighted by Gasteiger charge is -2.36. The van der Waals surface area contributed by atoms with Gasteiger partial charge < -0.3 is 9.80 Å². The summed E-state index contributed by atoms with van der Waals surface area (Å²) in [6.45, 7) is 7.20. The Morgan fingerprint density at radius 2 is 1.61 bits per heavy atom. The summed E-state index contributed by atoms with van der Waals surface area (Å²) in [6, 6.07) is 19.4. The molecule has 5 heteroatoms. The summed E-state index contributed by atoms with van der Waals surface area (Å²) in [7, 11) is 0. The highest BCUT2D eigenvalue weighted by Crippen LogP contribution is 2.34. The molecule has 2 aliphatic heterocycles. The van der Waals surface area contributed by atoms with Gasteiger partial charge in [-0.15, -0.1) is 11.3 Å². The van der Waals surface area contributed by atoms with Gasteiger partial charge in [0.15, 0.2) is 0 Å². The molecule has 2 fully saturated rings. The van der Waals surface area contributed by atoms with Crippen molar-refractivity contribution in [2.45, 2.75) is 25.7 Å². The molecular formula is C26H31N3OS. The van der Waals surface area contributed by atoms with Crippen LogP contribution in [0, 0.1) is 0 Å². The summed E-state index contributed by atoms with van der Waals surface area (Å²) in [5.74, 6) is 0.220. The Labute approximate surface area is 189 Å². The molecule has 3 aromatic rings. The molecule has 31 heavy (non-hydrogen) atoms. The molecule has 0 N–H and O–H groups in total. The Hall–Kier alpha value is -2.37. The SMILES string of the molecule is O=C(c1cc2c(N3CCN(CCc4ccccc4)CC3)cccc2s1)N1CCCCC1. The fourth-order valence-electron chi connectivity index (χ4n) is 4.82. The van der Waals surface area contributed by atoms with Gasteiger partial charge >= 0.3 is 0 Å². The van der Waals surface area contributed by atoms with E-state index in [0.717, 1.165) is 70.0 Å². The largest absolute Gasteiger partial charge is 0.368 e. The summed E-state index contributed by atoms with van der Waals surface area (Å²) >= 11 is 1.66. The van der Waals surface area contributed by atoms with Crippen LogP contribution in [0.1, 0.15) is 34.5 Å². The van der Waals surface area contributed by atoms with Gasteiger partial charge in [0.25, 0.3) is 5.91 Å². The van der Waals surface area contributed by atoms with Gasteiger partial charge in [0.1, 0.15) is 0 Å². The molecule has 0 radical (unpaired) electrons. The maximum atomic E-state index is 13.0.